The summed E-state index contributed by atoms with van der Waals surface area (Å²) in [4.78, 5) is 28.4. The van der Waals surface area contributed by atoms with Gasteiger partial charge in [0.25, 0.3) is 0 Å². The van der Waals surface area contributed by atoms with Gasteiger partial charge in [-0.25, -0.2) is 9.97 Å². The van der Waals surface area contributed by atoms with Crippen LogP contribution in [0, 0.1) is 5.92 Å². The van der Waals surface area contributed by atoms with E-state index in [0.29, 0.717) is 11.9 Å². The highest BCUT2D eigenvalue weighted by Crippen LogP contribution is 2.28. The first kappa shape index (κ1) is 18.1. The number of carbonyl (C=O) groups is 1. The molecule has 1 saturated carbocycles. The molecule has 1 amide bonds. The number of likely N-dealkylation sites (N-methyl/N-ethyl adjacent to an activating group) is 1. The first-order chi connectivity index (χ1) is 12.1. The molecule has 1 aromatic rings. The molecule has 2 fully saturated rings. The van der Waals surface area contributed by atoms with Gasteiger partial charge in [-0.1, -0.05) is 12.8 Å². The van der Waals surface area contributed by atoms with Crippen LogP contribution in [0.1, 0.15) is 38.5 Å². The average Bonchev–Trinajstić information content (AvgIpc) is 3.17. The van der Waals surface area contributed by atoms with Crippen molar-refractivity contribution in [3.63, 3.8) is 0 Å². The van der Waals surface area contributed by atoms with Crippen molar-refractivity contribution in [2.24, 2.45) is 5.92 Å². The quantitative estimate of drug-likeness (QED) is 0.790. The Morgan fingerprint density at radius 3 is 2.32 bits per heavy atom. The zero-order chi connectivity index (χ0) is 17.6. The Morgan fingerprint density at radius 1 is 1.08 bits per heavy atom. The predicted molar refractivity (Wildman–Crippen MR) is 99.5 cm³/mol. The summed E-state index contributed by atoms with van der Waals surface area (Å²) in [5.41, 5.74) is 0. The van der Waals surface area contributed by atoms with Crippen LogP contribution in [0.5, 0.6) is 0 Å². The number of nitrogens with zero attached hydrogens (tertiary/aromatic N) is 5. The SMILES string of the molecule is CN(C)CCN(C(=O)C1CCN(c2ncccn2)CC1)C1CCCC1. The number of rotatable bonds is 6. The van der Waals surface area contributed by atoms with Crippen molar-refractivity contribution in [1.29, 1.82) is 0 Å². The van der Waals surface area contributed by atoms with E-state index in [1.807, 2.05) is 6.07 Å². The van der Waals surface area contributed by atoms with Crippen LogP contribution < -0.4 is 4.90 Å². The highest BCUT2D eigenvalue weighted by atomic mass is 16.2. The predicted octanol–water partition coefficient (Wildman–Crippen LogP) is 2.03. The van der Waals surface area contributed by atoms with E-state index in [1.54, 1.807) is 12.4 Å². The maximum Gasteiger partial charge on any atom is 0.226 e. The summed E-state index contributed by atoms with van der Waals surface area (Å²) in [5.74, 6) is 1.32. The molecule has 0 aromatic carbocycles. The Balaban J connectivity index is 1.58. The molecule has 2 heterocycles. The minimum Gasteiger partial charge on any atom is -0.341 e. The number of amides is 1. The number of anilines is 1. The molecule has 0 N–H and O–H groups in total. The summed E-state index contributed by atoms with van der Waals surface area (Å²) in [5, 5.41) is 0. The van der Waals surface area contributed by atoms with E-state index in [4.69, 9.17) is 0 Å². The lowest BCUT2D eigenvalue weighted by Crippen LogP contribution is -2.48. The number of carbonyl (C=O) groups excluding carboxylic acids is 1. The van der Waals surface area contributed by atoms with Gasteiger partial charge in [-0.15, -0.1) is 0 Å². The van der Waals surface area contributed by atoms with Gasteiger partial charge in [0.05, 0.1) is 0 Å². The Kier molecular flexibility index (Phi) is 6.24. The maximum atomic E-state index is 13.2. The third-order valence-electron chi connectivity index (χ3n) is 5.52. The molecule has 0 atom stereocenters. The van der Waals surface area contributed by atoms with E-state index in [9.17, 15) is 4.79 Å². The normalized spacial score (nSPS) is 19.6. The Hall–Kier alpha value is -1.69. The molecule has 1 aromatic heterocycles. The van der Waals surface area contributed by atoms with Gasteiger partial charge in [0, 0.05) is 50.5 Å². The van der Waals surface area contributed by atoms with Gasteiger partial charge < -0.3 is 14.7 Å². The molecular weight excluding hydrogens is 314 g/mol. The fourth-order valence-electron chi connectivity index (χ4n) is 4.01. The minimum atomic E-state index is 0.155. The van der Waals surface area contributed by atoms with Crippen molar-refractivity contribution in [2.75, 3.05) is 45.2 Å². The second kappa shape index (κ2) is 8.61. The molecule has 0 radical (unpaired) electrons. The third kappa shape index (κ3) is 4.69. The highest BCUT2D eigenvalue weighted by molar-refractivity contribution is 5.79. The largest absolute Gasteiger partial charge is 0.341 e. The van der Waals surface area contributed by atoms with E-state index >= 15 is 0 Å². The molecule has 25 heavy (non-hydrogen) atoms. The van der Waals surface area contributed by atoms with E-state index in [1.165, 1.54) is 25.7 Å². The molecular formula is C19H31N5O. The van der Waals surface area contributed by atoms with Crippen molar-refractivity contribution in [3.8, 4) is 0 Å². The number of hydrogen-bond donors (Lipinski definition) is 0. The van der Waals surface area contributed by atoms with E-state index in [-0.39, 0.29) is 5.92 Å². The molecule has 0 unspecified atom stereocenters. The smallest absolute Gasteiger partial charge is 0.226 e. The van der Waals surface area contributed by atoms with Crippen molar-refractivity contribution < 1.29 is 4.79 Å². The highest BCUT2D eigenvalue weighted by Gasteiger charge is 2.33. The fraction of sp³-hybridized carbons (Fsp3) is 0.737. The molecule has 0 bridgehead atoms. The third-order valence-corrected chi connectivity index (χ3v) is 5.52. The molecule has 1 saturated heterocycles. The molecule has 1 aliphatic heterocycles. The van der Waals surface area contributed by atoms with E-state index in [0.717, 1.165) is 45.0 Å². The van der Waals surface area contributed by atoms with Crippen molar-refractivity contribution in [1.82, 2.24) is 19.8 Å². The monoisotopic (exact) mass is 345 g/mol. The van der Waals surface area contributed by atoms with Crippen molar-refractivity contribution in [3.05, 3.63) is 18.5 Å². The number of piperidine rings is 1. The summed E-state index contributed by atoms with van der Waals surface area (Å²) in [6.45, 7) is 3.54. The van der Waals surface area contributed by atoms with Gasteiger partial charge >= 0.3 is 0 Å². The van der Waals surface area contributed by atoms with E-state index in [2.05, 4.69) is 38.8 Å². The average molecular weight is 345 g/mol. The topological polar surface area (TPSA) is 52.6 Å². The summed E-state index contributed by atoms with van der Waals surface area (Å²) in [6, 6.07) is 2.30. The van der Waals surface area contributed by atoms with Gasteiger partial charge in [-0.2, -0.15) is 0 Å². The second-order valence-corrected chi connectivity index (χ2v) is 7.58. The van der Waals surface area contributed by atoms with Crippen LogP contribution in [-0.2, 0) is 4.79 Å². The lowest BCUT2D eigenvalue weighted by atomic mass is 9.94. The van der Waals surface area contributed by atoms with E-state index < -0.39 is 0 Å². The van der Waals surface area contributed by atoms with Crippen molar-refractivity contribution >= 4 is 11.9 Å². The van der Waals surface area contributed by atoms with Gasteiger partial charge in [0.15, 0.2) is 0 Å². The molecule has 3 rings (SSSR count). The van der Waals surface area contributed by atoms with Crippen LogP contribution in [-0.4, -0.2) is 72.0 Å². The standard InChI is InChI=1S/C19H31N5O/c1-22(2)14-15-24(17-6-3-4-7-17)18(25)16-8-12-23(13-9-16)19-20-10-5-11-21-19/h5,10-11,16-17H,3-4,6-9,12-15H2,1-2H3. The van der Waals surface area contributed by atoms with Crippen LogP contribution in [0.3, 0.4) is 0 Å². The molecule has 2 aliphatic rings. The zero-order valence-electron chi connectivity index (χ0n) is 15.6. The second-order valence-electron chi connectivity index (χ2n) is 7.58. The zero-order valence-corrected chi connectivity index (χ0v) is 15.6. The van der Waals surface area contributed by atoms with Crippen LogP contribution in [0.25, 0.3) is 0 Å². The van der Waals surface area contributed by atoms with Crippen LogP contribution in [0.15, 0.2) is 18.5 Å². The van der Waals surface area contributed by atoms with Gasteiger partial charge in [0.2, 0.25) is 11.9 Å². The van der Waals surface area contributed by atoms with Crippen molar-refractivity contribution in [2.45, 2.75) is 44.6 Å². The molecule has 138 valence electrons. The molecule has 0 spiro atoms. The maximum absolute atomic E-state index is 13.2. The number of aromatic nitrogens is 2. The first-order valence-electron chi connectivity index (χ1n) is 9.62. The lowest BCUT2D eigenvalue weighted by Gasteiger charge is -2.37. The van der Waals surface area contributed by atoms with Gasteiger partial charge in [-0.3, -0.25) is 4.79 Å². The summed E-state index contributed by atoms with van der Waals surface area (Å²) >= 11 is 0. The first-order valence-corrected chi connectivity index (χ1v) is 9.62. The Bertz CT molecular complexity index is 536. The van der Waals surface area contributed by atoms with Gasteiger partial charge in [-0.05, 0) is 45.8 Å². The molecule has 6 heteroatoms. The summed E-state index contributed by atoms with van der Waals surface area (Å²) < 4.78 is 0. The Labute approximate surface area is 151 Å². The number of hydrogen-bond acceptors (Lipinski definition) is 5. The molecule has 1 aliphatic carbocycles. The summed E-state index contributed by atoms with van der Waals surface area (Å²) in [6.07, 6.45) is 10.3. The molecule has 6 nitrogen and oxygen atoms in total. The minimum absolute atomic E-state index is 0.155. The van der Waals surface area contributed by atoms with Gasteiger partial charge in [0.1, 0.15) is 0 Å². The van der Waals surface area contributed by atoms with Crippen LogP contribution >= 0.6 is 0 Å². The summed E-state index contributed by atoms with van der Waals surface area (Å²) in [7, 11) is 4.16. The van der Waals surface area contributed by atoms with Crippen LogP contribution in [0.4, 0.5) is 5.95 Å². The van der Waals surface area contributed by atoms with Crippen LogP contribution in [0.2, 0.25) is 0 Å². The Morgan fingerprint density at radius 2 is 1.72 bits per heavy atom. The lowest BCUT2D eigenvalue weighted by molar-refractivity contribution is -0.138. The fourth-order valence-corrected chi connectivity index (χ4v) is 4.01.